The van der Waals surface area contributed by atoms with Crippen LogP contribution in [0.5, 0.6) is 0 Å². The van der Waals surface area contributed by atoms with E-state index in [1.54, 1.807) is 0 Å². The van der Waals surface area contributed by atoms with Crippen molar-refractivity contribution in [3.63, 3.8) is 0 Å². The number of nitrogens with zero attached hydrogens (tertiary/aromatic N) is 1. The minimum absolute atomic E-state index is 0.819. The van der Waals surface area contributed by atoms with Crippen LogP contribution in [-0.4, -0.2) is 19.4 Å². The maximum absolute atomic E-state index is 3.85. The zero-order valence-electron chi connectivity index (χ0n) is 2.94. The second kappa shape index (κ2) is 1.17. The molecule has 0 aromatic heterocycles. The Bertz CT molecular complexity index is 42.9. The molecule has 0 atom stereocenters. The molecule has 1 N–H and O–H groups in total. The smallest absolute Gasteiger partial charge is 0.0883 e. The molecule has 0 radical (unpaired) electrons. The highest BCUT2D eigenvalue weighted by molar-refractivity contribution is 5.61. The van der Waals surface area contributed by atoms with Crippen LogP contribution in [0.3, 0.4) is 0 Å². The van der Waals surface area contributed by atoms with Crippen LogP contribution in [0.2, 0.25) is 0 Å². The van der Waals surface area contributed by atoms with E-state index in [4.69, 9.17) is 0 Å². The molecule has 0 aromatic rings. The Kier molecular flexibility index (Phi) is 0.667. The first-order chi connectivity index (χ1) is 2.50. The number of hydrogen-bond acceptors (Lipinski definition) is 2. The summed E-state index contributed by atoms with van der Waals surface area (Å²) in [6, 6.07) is 0. The summed E-state index contributed by atoms with van der Waals surface area (Å²) in [5, 5.41) is 3.00. The molecule has 1 heterocycles. The van der Waals surface area contributed by atoms with E-state index in [9.17, 15) is 0 Å². The number of hydrogen-bond donors (Lipinski definition) is 1. The van der Waals surface area contributed by atoms with Gasteiger partial charge in [-0.2, -0.15) is 0 Å². The van der Waals surface area contributed by atoms with E-state index < -0.39 is 0 Å². The highest BCUT2D eigenvalue weighted by Crippen LogP contribution is 1.67. The number of rotatable bonds is 0. The van der Waals surface area contributed by atoms with Gasteiger partial charge in [-0.25, -0.2) is 0 Å². The van der Waals surface area contributed by atoms with Gasteiger partial charge in [0.05, 0.1) is 6.67 Å². The van der Waals surface area contributed by atoms with Gasteiger partial charge in [0, 0.05) is 12.8 Å². The lowest BCUT2D eigenvalue weighted by molar-refractivity contribution is 0.851. The van der Waals surface area contributed by atoms with Gasteiger partial charge in [0.2, 0.25) is 0 Å². The van der Waals surface area contributed by atoms with E-state index in [1.807, 2.05) is 6.21 Å². The summed E-state index contributed by atoms with van der Waals surface area (Å²) in [4.78, 5) is 3.85. The van der Waals surface area contributed by atoms with Gasteiger partial charge in [0.25, 0.3) is 0 Å². The van der Waals surface area contributed by atoms with E-state index >= 15 is 0 Å². The second-order valence-electron chi connectivity index (χ2n) is 0.977. The molecule has 28 valence electrons. The summed E-state index contributed by atoms with van der Waals surface area (Å²) in [5.74, 6) is 0. The van der Waals surface area contributed by atoms with Crippen LogP contribution in [0.15, 0.2) is 4.99 Å². The predicted molar refractivity (Wildman–Crippen MR) is 21.4 cm³/mol. The SMILES string of the molecule is C1=NCNC1. The van der Waals surface area contributed by atoms with E-state index in [-0.39, 0.29) is 0 Å². The average molecular weight is 70.1 g/mol. The Labute approximate surface area is 30.9 Å². The molecule has 0 spiro atoms. The second-order valence-corrected chi connectivity index (χ2v) is 0.977. The van der Waals surface area contributed by atoms with Crippen LogP contribution >= 0.6 is 0 Å². The highest BCUT2D eigenvalue weighted by Gasteiger charge is 1.82. The molecule has 0 saturated carbocycles. The van der Waals surface area contributed by atoms with Crippen molar-refractivity contribution in [1.82, 2.24) is 5.32 Å². The summed E-state index contributed by atoms with van der Waals surface area (Å²) in [7, 11) is 0. The van der Waals surface area contributed by atoms with Gasteiger partial charge in [-0.05, 0) is 0 Å². The zero-order chi connectivity index (χ0) is 3.54. The lowest BCUT2D eigenvalue weighted by Gasteiger charge is -1.75. The predicted octanol–water partition coefficient (Wildman–Crippen LogP) is -0.382. The van der Waals surface area contributed by atoms with Crippen LogP contribution < -0.4 is 5.32 Å². The van der Waals surface area contributed by atoms with Crippen molar-refractivity contribution in [2.24, 2.45) is 4.99 Å². The lowest BCUT2D eigenvalue weighted by atomic mass is 10.8. The molecule has 0 fully saturated rings. The van der Waals surface area contributed by atoms with Crippen molar-refractivity contribution >= 4 is 6.21 Å². The Morgan fingerprint density at radius 3 is 3.00 bits per heavy atom. The molecule has 0 saturated heterocycles. The Hall–Kier alpha value is -0.370. The standard InChI is InChI=1S/C3H6N2/c1-2-5-3-4-1/h1,5H,2-3H2. The van der Waals surface area contributed by atoms with Crippen molar-refractivity contribution in [1.29, 1.82) is 0 Å². The Morgan fingerprint density at radius 2 is 2.80 bits per heavy atom. The molecule has 2 heteroatoms. The molecule has 5 heavy (non-hydrogen) atoms. The molecule has 0 aliphatic carbocycles. The van der Waals surface area contributed by atoms with Crippen molar-refractivity contribution in [3.8, 4) is 0 Å². The number of nitrogens with one attached hydrogen (secondary N) is 1. The first kappa shape index (κ1) is 2.85. The molecule has 0 unspecified atom stereocenters. The average Bonchev–Trinajstić information content (AvgIpc) is 1.76. The monoisotopic (exact) mass is 70.1 g/mol. The summed E-state index contributed by atoms with van der Waals surface area (Å²) in [6.07, 6.45) is 1.88. The third-order valence-corrected chi connectivity index (χ3v) is 0.568. The van der Waals surface area contributed by atoms with Crippen LogP contribution in [0, 0.1) is 0 Å². The zero-order valence-corrected chi connectivity index (χ0v) is 2.94. The third-order valence-electron chi connectivity index (χ3n) is 0.568. The fourth-order valence-corrected chi connectivity index (χ4v) is 0.323. The van der Waals surface area contributed by atoms with E-state index in [0.717, 1.165) is 13.2 Å². The molecule has 2 nitrogen and oxygen atoms in total. The van der Waals surface area contributed by atoms with Crippen LogP contribution in [-0.2, 0) is 0 Å². The molecular formula is C3H6N2. The van der Waals surface area contributed by atoms with Gasteiger partial charge < -0.3 is 0 Å². The van der Waals surface area contributed by atoms with E-state index in [0.29, 0.717) is 0 Å². The van der Waals surface area contributed by atoms with Gasteiger partial charge in [0.15, 0.2) is 0 Å². The molecule has 1 aliphatic rings. The largest absolute Gasteiger partial charge is 0.293 e. The van der Waals surface area contributed by atoms with Gasteiger partial charge >= 0.3 is 0 Å². The van der Waals surface area contributed by atoms with Crippen molar-refractivity contribution in [2.45, 2.75) is 0 Å². The molecule has 0 aromatic carbocycles. The summed E-state index contributed by atoms with van der Waals surface area (Å²) < 4.78 is 0. The molecular weight excluding hydrogens is 64.0 g/mol. The summed E-state index contributed by atoms with van der Waals surface area (Å²) in [6.45, 7) is 1.78. The van der Waals surface area contributed by atoms with E-state index in [1.165, 1.54) is 0 Å². The Morgan fingerprint density at radius 1 is 1.80 bits per heavy atom. The maximum Gasteiger partial charge on any atom is 0.0883 e. The molecule has 1 aliphatic heterocycles. The molecule has 0 amide bonds. The van der Waals surface area contributed by atoms with Gasteiger partial charge in [-0.15, -0.1) is 0 Å². The molecule has 1 rings (SSSR count). The minimum Gasteiger partial charge on any atom is -0.293 e. The van der Waals surface area contributed by atoms with Gasteiger partial charge in [-0.3, -0.25) is 10.3 Å². The third kappa shape index (κ3) is 0.450. The van der Waals surface area contributed by atoms with Gasteiger partial charge in [-0.1, -0.05) is 0 Å². The molecule has 0 bridgehead atoms. The van der Waals surface area contributed by atoms with E-state index in [2.05, 4.69) is 10.3 Å². The van der Waals surface area contributed by atoms with Crippen molar-refractivity contribution in [2.75, 3.05) is 13.2 Å². The number of aliphatic imine (C=N–C) groups is 1. The van der Waals surface area contributed by atoms with Crippen molar-refractivity contribution in [3.05, 3.63) is 0 Å². The van der Waals surface area contributed by atoms with Crippen LogP contribution in [0.4, 0.5) is 0 Å². The fourth-order valence-electron chi connectivity index (χ4n) is 0.323. The lowest BCUT2D eigenvalue weighted by Crippen LogP contribution is -2.06. The van der Waals surface area contributed by atoms with Gasteiger partial charge in [0.1, 0.15) is 0 Å². The minimum atomic E-state index is 0.819. The summed E-state index contributed by atoms with van der Waals surface area (Å²) >= 11 is 0. The Balaban J connectivity index is 2.32. The van der Waals surface area contributed by atoms with Crippen molar-refractivity contribution < 1.29 is 0 Å². The topological polar surface area (TPSA) is 24.4 Å². The van der Waals surface area contributed by atoms with Crippen LogP contribution in [0.1, 0.15) is 0 Å². The van der Waals surface area contributed by atoms with Crippen LogP contribution in [0.25, 0.3) is 0 Å². The first-order valence-electron chi connectivity index (χ1n) is 1.69. The fraction of sp³-hybridized carbons (Fsp3) is 0.667. The quantitative estimate of drug-likeness (QED) is 0.412. The summed E-state index contributed by atoms with van der Waals surface area (Å²) in [5.41, 5.74) is 0. The maximum atomic E-state index is 3.85. The first-order valence-corrected chi connectivity index (χ1v) is 1.69. The normalized spacial score (nSPS) is 20.8. The highest BCUT2D eigenvalue weighted by atomic mass is 15.0.